The van der Waals surface area contributed by atoms with Crippen LogP contribution < -0.4 is 5.73 Å². The number of carbonyl (C=O) groups is 1. The summed E-state index contributed by atoms with van der Waals surface area (Å²) in [4.78, 5) is 15.1. The Kier molecular flexibility index (Phi) is 5.91. The smallest absolute Gasteiger partial charge is 0.405 e. The molecule has 2 aromatic rings. The van der Waals surface area contributed by atoms with Crippen molar-refractivity contribution >= 4 is 25.1 Å². The summed E-state index contributed by atoms with van der Waals surface area (Å²) >= 11 is 0. The second kappa shape index (κ2) is 7.65. The van der Waals surface area contributed by atoms with Gasteiger partial charge >= 0.3 is 6.09 Å². The van der Waals surface area contributed by atoms with Crippen molar-refractivity contribution in [1.29, 1.82) is 0 Å². The molecule has 0 aliphatic carbocycles. The van der Waals surface area contributed by atoms with Crippen LogP contribution in [0.2, 0.25) is 19.6 Å². The van der Waals surface area contributed by atoms with Crippen molar-refractivity contribution in [3.63, 3.8) is 0 Å². The Labute approximate surface area is 163 Å². The second-order valence-corrected chi connectivity index (χ2v) is 13.7. The summed E-state index contributed by atoms with van der Waals surface area (Å²) in [5, 5.41) is 1.11. The van der Waals surface area contributed by atoms with E-state index in [-0.39, 0.29) is 5.41 Å². The molecule has 0 spiro atoms. The van der Waals surface area contributed by atoms with Crippen molar-refractivity contribution in [1.82, 2.24) is 4.98 Å². The van der Waals surface area contributed by atoms with E-state index in [1.54, 1.807) is 6.08 Å². The number of aromatic amines is 1. The summed E-state index contributed by atoms with van der Waals surface area (Å²) in [5.74, 6) is 3.13. The van der Waals surface area contributed by atoms with Gasteiger partial charge in [-0.3, -0.25) is 0 Å². The highest BCUT2D eigenvalue weighted by atomic mass is 28.3. The third kappa shape index (κ3) is 5.27. The largest absolute Gasteiger partial charge is 0.438 e. The number of primary amides is 1. The third-order valence-corrected chi connectivity index (χ3v) is 5.46. The van der Waals surface area contributed by atoms with E-state index in [1.165, 1.54) is 0 Å². The first-order valence-electron chi connectivity index (χ1n) is 9.17. The number of carbonyl (C=O) groups excluding carboxylic acids is 1. The molecule has 0 radical (unpaired) electrons. The topological polar surface area (TPSA) is 68.1 Å². The van der Waals surface area contributed by atoms with E-state index in [0.29, 0.717) is 6.42 Å². The lowest BCUT2D eigenvalue weighted by Crippen LogP contribution is -2.48. The van der Waals surface area contributed by atoms with E-state index in [9.17, 15) is 4.79 Å². The Morgan fingerprint density at radius 1 is 1.26 bits per heavy atom. The predicted molar refractivity (Wildman–Crippen MR) is 115 cm³/mol. The zero-order valence-electron chi connectivity index (χ0n) is 17.1. The van der Waals surface area contributed by atoms with E-state index in [2.05, 4.69) is 42.2 Å². The Balaban J connectivity index is 2.51. The molecule has 2 rings (SSSR count). The Morgan fingerprint density at radius 3 is 2.52 bits per heavy atom. The number of fused-ring (bicyclic) bond motifs is 1. The van der Waals surface area contributed by atoms with Gasteiger partial charge in [0.25, 0.3) is 0 Å². The average Bonchev–Trinajstić information content (AvgIpc) is 2.92. The zero-order valence-corrected chi connectivity index (χ0v) is 18.1. The number of ether oxygens (including phenoxy) is 1. The van der Waals surface area contributed by atoms with Crippen molar-refractivity contribution < 1.29 is 9.53 Å². The number of aromatic nitrogens is 1. The molecule has 0 saturated heterocycles. The summed E-state index contributed by atoms with van der Waals surface area (Å²) in [7, 11) is -1.48. The molecule has 0 saturated carbocycles. The predicted octanol–water partition coefficient (Wildman–Crippen LogP) is 5.03. The van der Waals surface area contributed by atoms with Gasteiger partial charge in [-0.1, -0.05) is 64.5 Å². The second-order valence-electron chi connectivity index (χ2n) is 8.95. The molecule has 3 N–H and O–H groups in total. The number of benzene rings is 1. The zero-order chi connectivity index (χ0) is 20.3. The number of hydrogen-bond donors (Lipinski definition) is 2. The van der Waals surface area contributed by atoms with Gasteiger partial charge in [-0.15, -0.1) is 5.54 Å². The van der Waals surface area contributed by atoms with E-state index >= 15 is 0 Å². The highest BCUT2D eigenvalue weighted by molar-refractivity contribution is 6.83. The van der Waals surface area contributed by atoms with Gasteiger partial charge in [0.2, 0.25) is 0 Å². The van der Waals surface area contributed by atoms with Gasteiger partial charge in [-0.2, -0.15) is 0 Å². The maximum Gasteiger partial charge on any atom is 0.405 e. The Hall–Kier alpha value is -2.45. The fraction of sp³-hybridized carbons (Fsp3) is 0.409. The molecule has 1 aromatic carbocycles. The van der Waals surface area contributed by atoms with Crippen molar-refractivity contribution in [2.24, 2.45) is 11.1 Å². The fourth-order valence-electron chi connectivity index (χ4n) is 2.97. The van der Waals surface area contributed by atoms with Crippen LogP contribution in [0.4, 0.5) is 4.79 Å². The molecule has 1 heterocycles. The monoisotopic (exact) mass is 382 g/mol. The van der Waals surface area contributed by atoms with E-state index in [1.807, 2.05) is 51.2 Å². The highest BCUT2D eigenvalue weighted by Gasteiger charge is 2.43. The number of H-pyrrole nitrogens is 1. The lowest BCUT2D eigenvalue weighted by Gasteiger charge is -2.41. The SMILES string of the molecule is CC(C)(C)[C@@](/C=C/C#C[Si](C)(C)C)(Cc1c[nH]c2ccccc12)OC(N)=O. The molecule has 1 aromatic heterocycles. The maximum atomic E-state index is 11.8. The number of amides is 1. The lowest BCUT2D eigenvalue weighted by molar-refractivity contribution is -0.0257. The summed E-state index contributed by atoms with van der Waals surface area (Å²) in [5.41, 5.74) is 9.61. The van der Waals surface area contributed by atoms with Crippen molar-refractivity contribution in [2.45, 2.75) is 52.4 Å². The van der Waals surface area contributed by atoms with Crippen LogP contribution in [0.5, 0.6) is 0 Å². The first kappa shape index (κ1) is 20.9. The lowest BCUT2D eigenvalue weighted by atomic mass is 9.72. The maximum absolute atomic E-state index is 11.8. The normalized spacial score (nSPS) is 14.6. The number of nitrogens with one attached hydrogen (secondary N) is 1. The fourth-order valence-corrected chi connectivity index (χ4v) is 3.49. The summed E-state index contributed by atoms with van der Waals surface area (Å²) in [6, 6.07) is 8.09. The van der Waals surface area contributed by atoms with E-state index in [4.69, 9.17) is 10.5 Å². The highest BCUT2D eigenvalue weighted by Crippen LogP contribution is 2.39. The number of allylic oxidation sites excluding steroid dienone is 1. The Bertz CT molecular complexity index is 904. The molecule has 27 heavy (non-hydrogen) atoms. The minimum absolute atomic E-state index is 0.377. The van der Waals surface area contributed by atoms with E-state index in [0.717, 1.165) is 16.5 Å². The van der Waals surface area contributed by atoms with Crippen molar-refractivity contribution in [3.05, 3.63) is 48.2 Å². The molecule has 0 fully saturated rings. The molecule has 0 aliphatic heterocycles. The number of nitrogens with two attached hydrogens (primary N) is 1. The van der Waals surface area contributed by atoms with Gasteiger partial charge in [-0.05, 0) is 23.8 Å². The molecule has 1 atom stereocenters. The van der Waals surface area contributed by atoms with Crippen molar-refractivity contribution in [3.8, 4) is 11.5 Å². The first-order valence-corrected chi connectivity index (χ1v) is 12.7. The average molecular weight is 383 g/mol. The van der Waals surface area contributed by atoms with Crippen LogP contribution in [0.25, 0.3) is 10.9 Å². The third-order valence-electron chi connectivity index (χ3n) is 4.56. The number of para-hydroxylation sites is 1. The van der Waals surface area contributed by atoms with Gasteiger partial charge in [0, 0.05) is 28.9 Å². The van der Waals surface area contributed by atoms with E-state index < -0.39 is 19.8 Å². The molecule has 0 aliphatic rings. The minimum Gasteiger partial charge on any atom is -0.438 e. The van der Waals surface area contributed by atoms with Gasteiger partial charge in [0.15, 0.2) is 0 Å². The number of hydrogen-bond acceptors (Lipinski definition) is 2. The molecule has 0 bridgehead atoms. The molecular formula is C22H30N2O2Si. The first-order chi connectivity index (χ1) is 12.4. The van der Waals surface area contributed by atoms with Gasteiger partial charge in [-0.25, -0.2) is 4.79 Å². The van der Waals surface area contributed by atoms with Gasteiger partial charge < -0.3 is 15.5 Å². The molecular weight excluding hydrogens is 352 g/mol. The van der Waals surface area contributed by atoms with Crippen LogP contribution in [-0.2, 0) is 11.2 Å². The molecule has 4 nitrogen and oxygen atoms in total. The molecule has 1 amide bonds. The minimum atomic E-state index is -1.48. The van der Waals surface area contributed by atoms with Crippen molar-refractivity contribution in [2.75, 3.05) is 0 Å². The Morgan fingerprint density at radius 2 is 1.93 bits per heavy atom. The quantitative estimate of drug-likeness (QED) is 0.575. The molecule has 144 valence electrons. The molecule has 0 unspecified atom stereocenters. The summed E-state index contributed by atoms with van der Waals surface area (Å²) < 4.78 is 5.74. The molecule has 5 heteroatoms. The van der Waals surface area contributed by atoms with Crippen LogP contribution in [-0.4, -0.2) is 24.8 Å². The van der Waals surface area contributed by atoms with Gasteiger partial charge in [0.1, 0.15) is 13.7 Å². The van der Waals surface area contributed by atoms with Crippen LogP contribution in [0.1, 0.15) is 26.3 Å². The summed E-state index contributed by atoms with van der Waals surface area (Å²) in [6.45, 7) is 12.7. The standard InChI is InChI=1S/C22H30N2O2Si/c1-21(2,3)22(26-20(23)25,13-9-10-14-27(4,5)6)15-17-16-24-19-12-8-7-11-18(17)19/h7-9,11-13,16,24H,15H2,1-6H3,(H2,23,25)/b13-9+/t22-/m1/s1. The van der Waals surface area contributed by atoms with Crippen LogP contribution in [0, 0.1) is 16.9 Å². The number of rotatable bonds is 4. The van der Waals surface area contributed by atoms with Gasteiger partial charge in [0.05, 0.1) is 0 Å². The van der Waals surface area contributed by atoms with Crippen LogP contribution >= 0.6 is 0 Å². The summed E-state index contributed by atoms with van der Waals surface area (Å²) in [6.07, 6.45) is 5.40. The van der Waals surface area contributed by atoms with Crippen LogP contribution in [0.15, 0.2) is 42.6 Å². The van der Waals surface area contributed by atoms with Crippen LogP contribution in [0.3, 0.4) is 0 Å².